The maximum atomic E-state index is 12.9. The van der Waals surface area contributed by atoms with Crippen molar-refractivity contribution < 1.29 is 18.3 Å². The van der Waals surface area contributed by atoms with Gasteiger partial charge in [0.05, 0.1) is 12.7 Å². The molecule has 0 amide bonds. The molecular formula is C11H9F2NO2. The Hall–Kier alpha value is -1.96. The van der Waals surface area contributed by atoms with Gasteiger partial charge in [0.2, 0.25) is 0 Å². The number of hydrogen-bond donors (Lipinski definition) is 0. The van der Waals surface area contributed by atoms with E-state index < -0.39 is 23.5 Å². The molecule has 1 aromatic carbocycles. The number of halogens is 2. The van der Waals surface area contributed by atoms with Gasteiger partial charge in [0, 0.05) is 6.07 Å². The van der Waals surface area contributed by atoms with Crippen LogP contribution < -0.4 is 0 Å². The fraction of sp³-hybridized carbons (Fsp3) is 0.273. The van der Waals surface area contributed by atoms with Crippen LogP contribution in [0.3, 0.4) is 0 Å². The SMILES string of the molecule is CCOC(=O)[C@H](C#N)c1cc(F)cc(F)c1. The van der Waals surface area contributed by atoms with Gasteiger partial charge in [0.25, 0.3) is 0 Å². The number of nitriles is 1. The van der Waals surface area contributed by atoms with Crippen LogP contribution in [-0.4, -0.2) is 12.6 Å². The zero-order valence-corrected chi connectivity index (χ0v) is 8.54. The second-order valence-electron chi connectivity index (χ2n) is 3.02. The molecule has 0 aliphatic carbocycles. The first-order chi connectivity index (χ1) is 7.58. The third-order valence-corrected chi connectivity index (χ3v) is 1.87. The summed E-state index contributed by atoms with van der Waals surface area (Å²) in [6.07, 6.45) is 0. The summed E-state index contributed by atoms with van der Waals surface area (Å²) in [6.45, 7) is 1.69. The monoisotopic (exact) mass is 225 g/mol. The summed E-state index contributed by atoms with van der Waals surface area (Å²) in [4.78, 5) is 11.3. The van der Waals surface area contributed by atoms with Gasteiger partial charge in [-0.15, -0.1) is 0 Å². The molecule has 0 saturated carbocycles. The van der Waals surface area contributed by atoms with Crippen molar-refractivity contribution in [2.45, 2.75) is 12.8 Å². The molecule has 0 aliphatic heterocycles. The minimum Gasteiger partial charge on any atom is -0.465 e. The van der Waals surface area contributed by atoms with Gasteiger partial charge in [0.15, 0.2) is 5.92 Å². The molecule has 1 aromatic rings. The van der Waals surface area contributed by atoms with Crippen LogP contribution in [0.25, 0.3) is 0 Å². The third-order valence-electron chi connectivity index (χ3n) is 1.87. The van der Waals surface area contributed by atoms with Gasteiger partial charge in [-0.1, -0.05) is 0 Å². The topological polar surface area (TPSA) is 50.1 Å². The van der Waals surface area contributed by atoms with Crippen molar-refractivity contribution in [2.24, 2.45) is 0 Å². The minimum atomic E-state index is -1.30. The summed E-state index contributed by atoms with van der Waals surface area (Å²) in [5.41, 5.74) is -0.0431. The number of esters is 1. The Balaban J connectivity index is 3.05. The third kappa shape index (κ3) is 2.76. The quantitative estimate of drug-likeness (QED) is 0.740. The van der Waals surface area contributed by atoms with E-state index in [1.165, 1.54) is 0 Å². The second-order valence-corrected chi connectivity index (χ2v) is 3.02. The number of ether oxygens (including phenoxy) is 1. The van der Waals surface area contributed by atoms with Crippen molar-refractivity contribution in [2.75, 3.05) is 6.61 Å². The van der Waals surface area contributed by atoms with Crippen LogP contribution in [0.1, 0.15) is 18.4 Å². The van der Waals surface area contributed by atoms with Crippen LogP contribution in [0.2, 0.25) is 0 Å². The zero-order valence-electron chi connectivity index (χ0n) is 8.54. The van der Waals surface area contributed by atoms with Crippen molar-refractivity contribution in [1.29, 1.82) is 5.26 Å². The van der Waals surface area contributed by atoms with Crippen LogP contribution >= 0.6 is 0 Å². The van der Waals surface area contributed by atoms with E-state index in [1.54, 1.807) is 13.0 Å². The Kier molecular flexibility index (Phi) is 3.95. The summed E-state index contributed by atoms with van der Waals surface area (Å²) >= 11 is 0. The standard InChI is InChI=1S/C11H9F2NO2/c1-2-16-11(15)10(6-14)7-3-8(12)5-9(13)4-7/h3-5,10H,2H2,1H3/t10-/m1/s1. The highest BCUT2D eigenvalue weighted by molar-refractivity contribution is 5.81. The number of carbonyl (C=O) groups excluding carboxylic acids is 1. The van der Waals surface area contributed by atoms with Crippen LogP contribution in [0.5, 0.6) is 0 Å². The summed E-state index contributed by atoms with van der Waals surface area (Å²) < 4.78 is 30.4. The molecule has 1 atom stereocenters. The average molecular weight is 225 g/mol. The molecule has 0 unspecified atom stereocenters. The minimum absolute atomic E-state index is 0.0431. The molecule has 0 saturated heterocycles. The largest absolute Gasteiger partial charge is 0.465 e. The highest BCUT2D eigenvalue weighted by Crippen LogP contribution is 2.19. The van der Waals surface area contributed by atoms with Crippen molar-refractivity contribution in [3.8, 4) is 6.07 Å². The first-order valence-corrected chi connectivity index (χ1v) is 4.60. The number of benzene rings is 1. The number of carbonyl (C=O) groups is 1. The summed E-state index contributed by atoms with van der Waals surface area (Å²) in [5, 5.41) is 8.76. The molecule has 0 radical (unpaired) electrons. The Labute approximate surface area is 91.3 Å². The Morgan fingerprint density at radius 1 is 1.44 bits per heavy atom. The highest BCUT2D eigenvalue weighted by Gasteiger charge is 2.22. The molecule has 0 aromatic heterocycles. The fourth-order valence-corrected chi connectivity index (χ4v) is 1.23. The molecule has 0 spiro atoms. The van der Waals surface area contributed by atoms with Crippen LogP contribution in [0, 0.1) is 23.0 Å². The molecular weight excluding hydrogens is 216 g/mol. The number of rotatable bonds is 3. The van der Waals surface area contributed by atoms with Crippen LogP contribution in [0.4, 0.5) is 8.78 Å². The lowest BCUT2D eigenvalue weighted by Crippen LogP contribution is -2.14. The van der Waals surface area contributed by atoms with Crippen molar-refractivity contribution >= 4 is 5.97 Å². The fourth-order valence-electron chi connectivity index (χ4n) is 1.23. The maximum absolute atomic E-state index is 12.9. The number of hydrogen-bond acceptors (Lipinski definition) is 3. The van der Waals surface area contributed by atoms with E-state index in [0.717, 1.165) is 12.1 Å². The Morgan fingerprint density at radius 2 is 2.00 bits per heavy atom. The Morgan fingerprint density at radius 3 is 2.44 bits per heavy atom. The van der Waals surface area contributed by atoms with Gasteiger partial charge in [-0.3, -0.25) is 4.79 Å². The predicted molar refractivity (Wildman–Crippen MR) is 51.3 cm³/mol. The lowest BCUT2D eigenvalue weighted by Gasteiger charge is -2.08. The summed E-state index contributed by atoms with van der Waals surface area (Å²) in [6, 6.07) is 4.20. The lowest BCUT2D eigenvalue weighted by atomic mass is 10.0. The van der Waals surface area contributed by atoms with Gasteiger partial charge < -0.3 is 4.74 Å². The molecule has 0 N–H and O–H groups in total. The first kappa shape index (κ1) is 12.1. The van der Waals surface area contributed by atoms with E-state index in [0.29, 0.717) is 6.07 Å². The van der Waals surface area contributed by atoms with E-state index in [9.17, 15) is 13.6 Å². The molecule has 16 heavy (non-hydrogen) atoms. The molecule has 1 rings (SSSR count). The molecule has 0 fully saturated rings. The maximum Gasteiger partial charge on any atom is 0.327 e. The van der Waals surface area contributed by atoms with E-state index in [2.05, 4.69) is 4.74 Å². The molecule has 3 nitrogen and oxygen atoms in total. The van der Waals surface area contributed by atoms with E-state index in [4.69, 9.17) is 5.26 Å². The lowest BCUT2D eigenvalue weighted by molar-refractivity contribution is -0.143. The van der Waals surface area contributed by atoms with Crippen LogP contribution in [-0.2, 0) is 9.53 Å². The Bertz CT molecular complexity index is 420. The smallest absolute Gasteiger partial charge is 0.327 e. The summed E-state index contributed by atoms with van der Waals surface area (Å²) in [7, 11) is 0. The predicted octanol–water partition coefficient (Wildman–Crippen LogP) is 2.14. The molecule has 84 valence electrons. The first-order valence-electron chi connectivity index (χ1n) is 4.60. The van der Waals surface area contributed by atoms with Gasteiger partial charge in [0.1, 0.15) is 11.6 Å². The van der Waals surface area contributed by atoms with Crippen LogP contribution in [0.15, 0.2) is 18.2 Å². The molecule has 0 bridgehead atoms. The average Bonchev–Trinajstić information content (AvgIpc) is 2.17. The highest BCUT2D eigenvalue weighted by atomic mass is 19.1. The van der Waals surface area contributed by atoms with Gasteiger partial charge in [-0.2, -0.15) is 5.26 Å². The number of nitrogens with zero attached hydrogens (tertiary/aromatic N) is 1. The molecule has 5 heteroatoms. The zero-order chi connectivity index (χ0) is 12.1. The van der Waals surface area contributed by atoms with E-state index in [1.807, 2.05) is 0 Å². The molecule has 0 aliphatic rings. The second kappa shape index (κ2) is 5.21. The van der Waals surface area contributed by atoms with Gasteiger partial charge >= 0.3 is 5.97 Å². The van der Waals surface area contributed by atoms with Crippen molar-refractivity contribution in [3.05, 3.63) is 35.4 Å². The summed E-state index contributed by atoms with van der Waals surface area (Å²) in [5.74, 6) is -3.78. The van der Waals surface area contributed by atoms with Gasteiger partial charge in [-0.05, 0) is 24.6 Å². The van der Waals surface area contributed by atoms with Gasteiger partial charge in [-0.25, -0.2) is 8.78 Å². The van der Waals surface area contributed by atoms with E-state index in [-0.39, 0.29) is 12.2 Å². The normalized spacial score (nSPS) is 11.6. The van der Waals surface area contributed by atoms with Crippen molar-refractivity contribution in [3.63, 3.8) is 0 Å². The van der Waals surface area contributed by atoms with Crippen molar-refractivity contribution in [1.82, 2.24) is 0 Å². The molecule has 0 heterocycles. The van der Waals surface area contributed by atoms with E-state index >= 15 is 0 Å².